The molecule has 2 atom stereocenters. The van der Waals surface area contributed by atoms with Gasteiger partial charge in [0.05, 0.1) is 0 Å². The Balaban J connectivity index is 1.73. The van der Waals surface area contributed by atoms with Gasteiger partial charge < -0.3 is 10.2 Å². The summed E-state index contributed by atoms with van der Waals surface area (Å²) in [5.41, 5.74) is 2.47. The van der Waals surface area contributed by atoms with Crippen molar-refractivity contribution in [3.05, 3.63) is 107 Å². The van der Waals surface area contributed by atoms with E-state index in [0.717, 1.165) is 16.7 Å². The van der Waals surface area contributed by atoms with Crippen molar-refractivity contribution in [2.45, 2.75) is 18.6 Å². The lowest BCUT2D eigenvalue weighted by atomic mass is 9.95. The third kappa shape index (κ3) is 3.64. The molecule has 3 aromatic carbocycles. The van der Waals surface area contributed by atoms with Gasteiger partial charge in [0.25, 0.3) is 5.91 Å². The van der Waals surface area contributed by atoms with E-state index >= 15 is 0 Å². The van der Waals surface area contributed by atoms with Crippen molar-refractivity contribution < 1.29 is 9.59 Å². The summed E-state index contributed by atoms with van der Waals surface area (Å²) in [6.07, 6.45) is 0. The van der Waals surface area contributed by atoms with Crippen LogP contribution in [0.4, 0.5) is 0 Å². The van der Waals surface area contributed by atoms with Crippen LogP contribution < -0.4 is 5.32 Å². The van der Waals surface area contributed by atoms with E-state index in [1.807, 2.05) is 60.7 Å². The van der Waals surface area contributed by atoms with Gasteiger partial charge in [0.1, 0.15) is 12.1 Å². The Morgan fingerprint density at radius 3 is 2.04 bits per heavy atom. The molecule has 2 unspecified atom stereocenters. The predicted molar refractivity (Wildman–Crippen MR) is 109 cm³/mol. The Bertz CT molecular complexity index is 975. The van der Waals surface area contributed by atoms with Crippen molar-refractivity contribution in [2.75, 3.05) is 0 Å². The summed E-state index contributed by atoms with van der Waals surface area (Å²) >= 11 is 6.00. The van der Waals surface area contributed by atoms with Crippen LogP contribution in [0.1, 0.15) is 28.8 Å². The number of piperazine rings is 1. The number of halogens is 1. The molecule has 0 aliphatic carbocycles. The third-order valence-electron chi connectivity index (χ3n) is 4.89. The van der Waals surface area contributed by atoms with Gasteiger partial charge in [-0.1, -0.05) is 84.4 Å². The molecule has 2 amide bonds. The molecule has 28 heavy (non-hydrogen) atoms. The van der Waals surface area contributed by atoms with Crippen molar-refractivity contribution >= 4 is 23.4 Å². The van der Waals surface area contributed by atoms with Crippen LogP contribution in [0.15, 0.2) is 84.9 Å². The maximum Gasteiger partial charge on any atom is 0.251 e. The maximum absolute atomic E-state index is 13.4. The zero-order valence-corrected chi connectivity index (χ0v) is 15.8. The fourth-order valence-electron chi connectivity index (χ4n) is 3.51. The quantitative estimate of drug-likeness (QED) is 0.722. The normalized spacial score (nSPS) is 19.4. The lowest BCUT2D eigenvalue weighted by Crippen LogP contribution is -2.54. The van der Waals surface area contributed by atoms with Crippen molar-refractivity contribution in [1.29, 1.82) is 0 Å². The molecule has 0 bridgehead atoms. The second-order valence-electron chi connectivity index (χ2n) is 6.76. The van der Waals surface area contributed by atoms with E-state index in [-0.39, 0.29) is 11.8 Å². The van der Waals surface area contributed by atoms with Gasteiger partial charge in [-0.05, 0) is 28.8 Å². The summed E-state index contributed by atoms with van der Waals surface area (Å²) < 4.78 is 0. The standard InChI is InChI=1S/C23H19ClN2O2/c24-19-13-11-18(12-14-19)21-22(27)25-20(17-9-5-2-6-10-17)23(28)26(21)15-16-7-3-1-4-8-16/h1-14,20-21H,15H2,(H,25,27). The average Bonchev–Trinajstić information content (AvgIpc) is 2.73. The topological polar surface area (TPSA) is 49.4 Å². The van der Waals surface area contributed by atoms with Crippen molar-refractivity contribution in [3.8, 4) is 0 Å². The lowest BCUT2D eigenvalue weighted by molar-refractivity contribution is -0.150. The maximum atomic E-state index is 13.4. The van der Waals surface area contributed by atoms with Crippen LogP contribution in [0.25, 0.3) is 0 Å². The van der Waals surface area contributed by atoms with E-state index in [9.17, 15) is 9.59 Å². The molecule has 4 nitrogen and oxygen atoms in total. The molecule has 1 aliphatic heterocycles. The van der Waals surface area contributed by atoms with E-state index in [2.05, 4.69) is 5.32 Å². The number of carbonyl (C=O) groups is 2. The minimum atomic E-state index is -0.704. The van der Waals surface area contributed by atoms with Gasteiger partial charge in [0.15, 0.2) is 0 Å². The van der Waals surface area contributed by atoms with Gasteiger partial charge in [-0.25, -0.2) is 0 Å². The molecular formula is C23H19ClN2O2. The zero-order valence-electron chi connectivity index (χ0n) is 15.1. The summed E-state index contributed by atoms with van der Waals surface area (Å²) in [4.78, 5) is 28.1. The van der Waals surface area contributed by atoms with Gasteiger partial charge in [-0.3, -0.25) is 9.59 Å². The molecule has 140 valence electrons. The number of benzene rings is 3. The summed E-state index contributed by atoms with van der Waals surface area (Å²) in [6, 6.07) is 24.7. The molecule has 1 aliphatic rings. The zero-order chi connectivity index (χ0) is 19.5. The number of carbonyl (C=O) groups excluding carboxylic acids is 2. The van der Waals surface area contributed by atoms with Crippen LogP contribution in [-0.4, -0.2) is 16.7 Å². The monoisotopic (exact) mass is 390 g/mol. The largest absolute Gasteiger partial charge is 0.338 e. The highest BCUT2D eigenvalue weighted by Gasteiger charge is 2.41. The Labute approximate surface area is 168 Å². The van der Waals surface area contributed by atoms with Gasteiger partial charge >= 0.3 is 0 Å². The Hall–Kier alpha value is -3.11. The molecule has 0 spiro atoms. The molecule has 1 saturated heterocycles. The molecule has 5 heteroatoms. The molecule has 1 N–H and O–H groups in total. The highest BCUT2D eigenvalue weighted by Crippen LogP contribution is 2.32. The molecule has 3 aromatic rings. The van der Waals surface area contributed by atoms with Crippen LogP contribution in [0.2, 0.25) is 5.02 Å². The van der Waals surface area contributed by atoms with Crippen LogP contribution in [0.3, 0.4) is 0 Å². The Morgan fingerprint density at radius 2 is 1.39 bits per heavy atom. The summed E-state index contributed by atoms with van der Waals surface area (Å²) in [5.74, 6) is -0.332. The predicted octanol–water partition coefficient (Wildman–Crippen LogP) is 4.28. The van der Waals surface area contributed by atoms with Gasteiger partial charge in [0.2, 0.25) is 5.91 Å². The fourth-order valence-corrected chi connectivity index (χ4v) is 3.64. The van der Waals surface area contributed by atoms with E-state index in [1.54, 1.807) is 29.2 Å². The van der Waals surface area contributed by atoms with E-state index < -0.39 is 12.1 Å². The molecule has 1 heterocycles. The van der Waals surface area contributed by atoms with Gasteiger partial charge in [-0.15, -0.1) is 0 Å². The smallest absolute Gasteiger partial charge is 0.251 e. The molecule has 4 rings (SSSR count). The number of rotatable bonds is 4. The summed E-state index contributed by atoms with van der Waals surface area (Å²) in [5, 5.41) is 3.48. The second kappa shape index (κ2) is 7.87. The molecule has 1 fully saturated rings. The van der Waals surface area contributed by atoms with Crippen molar-refractivity contribution in [3.63, 3.8) is 0 Å². The van der Waals surface area contributed by atoms with E-state index in [0.29, 0.717) is 11.6 Å². The first-order chi connectivity index (χ1) is 13.6. The lowest BCUT2D eigenvalue weighted by Gasteiger charge is -2.39. The summed E-state index contributed by atoms with van der Waals surface area (Å²) in [7, 11) is 0. The SMILES string of the molecule is O=C1NC(c2ccccc2)C(=O)N(Cc2ccccc2)C1c1ccc(Cl)cc1. The minimum Gasteiger partial charge on any atom is -0.338 e. The van der Waals surface area contributed by atoms with E-state index in [4.69, 9.17) is 11.6 Å². The van der Waals surface area contributed by atoms with Crippen LogP contribution in [0.5, 0.6) is 0 Å². The molecular weight excluding hydrogens is 372 g/mol. The number of hydrogen-bond acceptors (Lipinski definition) is 2. The third-order valence-corrected chi connectivity index (χ3v) is 5.14. The average molecular weight is 391 g/mol. The fraction of sp³-hybridized carbons (Fsp3) is 0.130. The van der Waals surface area contributed by atoms with Crippen LogP contribution >= 0.6 is 11.6 Å². The number of nitrogens with one attached hydrogen (secondary N) is 1. The Morgan fingerprint density at radius 1 is 0.786 bits per heavy atom. The van der Waals surface area contributed by atoms with E-state index in [1.165, 1.54) is 0 Å². The highest BCUT2D eigenvalue weighted by atomic mass is 35.5. The van der Waals surface area contributed by atoms with Crippen LogP contribution in [-0.2, 0) is 16.1 Å². The number of hydrogen-bond donors (Lipinski definition) is 1. The Kier molecular flexibility index (Phi) is 5.13. The highest BCUT2D eigenvalue weighted by molar-refractivity contribution is 6.30. The van der Waals surface area contributed by atoms with Gasteiger partial charge in [0, 0.05) is 11.6 Å². The molecule has 0 aromatic heterocycles. The van der Waals surface area contributed by atoms with Gasteiger partial charge in [-0.2, -0.15) is 0 Å². The summed E-state index contributed by atoms with van der Waals surface area (Å²) in [6.45, 7) is 0.351. The molecule has 0 radical (unpaired) electrons. The number of nitrogens with zero attached hydrogens (tertiary/aromatic N) is 1. The first-order valence-corrected chi connectivity index (χ1v) is 9.46. The van der Waals surface area contributed by atoms with Crippen molar-refractivity contribution in [2.24, 2.45) is 0 Å². The number of amides is 2. The second-order valence-corrected chi connectivity index (χ2v) is 7.19. The van der Waals surface area contributed by atoms with Crippen LogP contribution in [0, 0.1) is 0 Å². The minimum absolute atomic E-state index is 0.130. The van der Waals surface area contributed by atoms with Crippen molar-refractivity contribution in [1.82, 2.24) is 10.2 Å². The molecule has 0 saturated carbocycles. The first kappa shape index (κ1) is 18.3. The first-order valence-electron chi connectivity index (χ1n) is 9.08.